The molecule has 1 aromatic rings. The summed E-state index contributed by atoms with van der Waals surface area (Å²) in [6.45, 7) is 3.38. The molecule has 4 atom stereocenters. The standard InChI is InChI=1S/C25H37N3O3/c1-31-19-25(18-26-22-10-9-21(16-22)20-6-3-2-4-7-20)11-14-27(15-12-25)24(30)28-13-5-8-23(29)17-28/h2-4,6-7,11,14,21-23,26,29H,5,8-10,12-13,15-19H2,1H3/t21?,22?,23-,25?/m1/s1. The Kier molecular flexibility index (Phi) is 7.31. The number of ether oxygens (including phenoxy) is 1. The van der Waals surface area contributed by atoms with Gasteiger partial charge < -0.3 is 25.0 Å². The Bertz CT molecular complexity index is 756. The van der Waals surface area contributed by atoms with Crippen molar-refractivity contribution in [2.75, 3.05) is 39.9 Å². The number of urea groups is 1. The molecule has 6 nitrogen and oxygen atoms in total. The minimum atomic E-state index is -0.394. The number of methoxy groups -OCH3 is 1. The Morgan fingerprint density at radius 3 is 2.77 bits per heavy atom. The third-order valence-electron chi connectivity index (χ3n) is 7.25. The number of likely N-dealkylation sites (tertiary alicyclic amines) is 1. The van der Waals surface area contributed by atoms with E-state index < -0.39 is 6.10 Å². The van der Waals surface area contributed by atoms with E-state index in [1.807, 2.05) is 6.20 Å². The molecule has 170 valence electrons. The first-order valence-corrected chi connectivity index (χ1v) is 11.8. The van der Waals surface area contributed by atoms with E-state index in [4.69, 9.17) is 4.74 Å². The van der Waals surface area contributed by atoms with Crippen LogP contribution in [0.4, 0.5) is 4.79 Å². The normalized spacial score (nSPS) is 31.2. The van der Waals surface area contributed by atoms with E-state index in [0.29, 0.717) is 31.7 Å². The molecule has 2 N–H and O–H groups in total. The van der Waals surface area contributed by atoms with Gasteiger partial charge in [0.2, 0.25) is 0 Å². The fraction of sp³-hybridized carbons (Fsp3) is 0.640. The number of hydrogen-bond acceptors (Lipinski definition) is 4. The van der Waals surface area contributed by atoms with Gasteiger partial charge >= 0.3 is 6.03 Å². The van der Waals surface area contributed by atoms with Gasteiger partial charge in [-0.3, -0.25) is 0 Å². The minimum absolute atomic E-state index is 0.00970. The lowest BCUT2D eigenvalue weighted by atomic mass is 9.82. The maximum atomic E-state index is 12.8. The van der Waals surface area contributed by atoms with E-state index in [1.165, 1.54) is 24.8 Å². The zero-order valence-electron chi connectivity index (χ0n) is 18.7. The summed E-state index contributed by atoms with van der Waals surface area (Å²) in [7, 11) is 1.75. The van der Waals surface area contributed by atoms with Crippen LogP contribution in [0.3, 0.4) is 0 Å². The topological polar surface area (TPSA) is 65.0 Å². The van der Waals surface area contributed by atoms with Crippen LogP contribution < -0.4 is 5.32 Å². The first-order chi connectivity index (χ1) is 15.1. The summed E-state index contributed by atoms with van der Waals surface area (Å²) in [5.74, 6) is 0.645. The van der Waals surface area contributed by atoms with Crippen LogP contribution in [-0.2, 0) is 4.74 Å². The molecule has 31 heavy (non-hydrogen) atoms. The fourth-order valence-electron chi connectivity index (χ4n) is 5.37. The molecule has 0 radical (unpaired) electrons. The molecular formula is C25H37N3O3. The van der Waals surface area contributed by atoms with E-state index >= 15 is 0 Å². The van der Waals surface area contributed by atoms with E-state index in [-0.39, 0.29) is 11.4 Å². The number of aliphatic hydroxyl groups is 1. The maximum Gasteiger partial charge on any atom is 0.324 e. The number of piperidine rings is 1. The lowest BCUT2D eigenvalue weighted by Crippen LogP contribution is -2.50. The minimum Gasteiger partial charge on any atom is -0.391 e. The van der Waals surface area contributed by atoms with Gasteiger partial charge in [0.25, 0.3) is 0 Å². The Morgan fingerprint density at radius 1 is 1.23 bits per heavy atom. The van der Waals surface area contributed by atoms with Crippen molar-refractivity contribution in [2.45, 2.75) is 56.6 Å². The summed E-state index contributed by atoms with van der Waals surface area (Å²) in [6, 6.07) is 11.4. The number of nitrogens with zero attached hydrogens (tertiary/aromatic N) is 2. The van der Waals surface area contributed by atoms with Crippen molar-refractivity contribution in [1.82, 2.24) is 15.1 Å². The van der Waals surface area contributed by atoms with Crippen molar-refractivity contribution >= 4 is 6.03 Å². The highest BCUT2D eigenvalue weighted by molar-refractivity contribution is 5.76. The van der Waals surface area contributed by atoms with Gasteiger partial charge in [-0.05, 0) is 50.0 Å². The third kappa shape index (κ3) is 5.48. The highest BCUT2D eigenvalue weighted by atomic mass is 16.5. The second-order valence-corrected chi connectivity index (χ2v) is 9.58. The van der Waals surface area contributed by atoms with Crippen LogP contribution >= 0.6 is 0 Å². The number of amides is 2. The highest BCUT2D eigenvalue weighted by Gasteiger charge is 2.35. The summed E-state index contributed by atoms with van der Waals surface area (Å²) in [6.07, 6.45) is 9.85. The zero-order valence-corrected chi connectivity index (χ0v) is 18.7. The predicted octanol–water partition coefficient (Wildman–Crippen LogP) is 3.34. The maximum absolute atomic E-state index is 12.8. The summed E-state index contributed by atoms with van der Waals surface area (Å²) in [4.78, 5) is 16.4. The van der Waals surface area contributed by atoms with E-state index in [2.05, 4.69) is 41.7 Å². The van der Waals surface area contributed by atoms with Crippen molar-refractivity contribution in [3.63, 3.8) is 0 Å². The largest absolute Gasteiger partial charge is 0.391 e. The molecule has 6 heteroatoms. The molecule has 3 aliphatic rings. The van der Waals surface area contributed by atoms with Crippen LogP contribution in [0.25, 0.3) is 0 Å². The second kappa shape index (κ2) is 10.2. The first kappa shape index (κ1) is 22.3. The summed E-state index contributed by atoms with van der Waals surface area (Å²) < 4.78 is 5.58. The van der Waals surface area contributed by atoms with Gasteiger partial charge in [0.1, 0.15) is 0 Å². The van der Waals surface area contributed by atoms with Crippen LogP contribution in [0.2, 0.25) is 0 Å². The average Bonchev–Trinajstić information content (AvgIpc) is 3.28. The molecule has 0 bridgehead atoms. The van der Waals surface area contributed by atoms with E-state index in [0.717, 1.165) is 32.4 Å². The molecule has 4 rings (SSSR count). The average molecular weight is 428 g/mol. The lowest BCUT2D eigenvalue weighted by molar-refractivity contribution is 0.0661. The third-order valence-corrected chi connectivity index (χ3v) is 7.25. The molecule has 2 fully saturated rings. The van der Waals surface area contributed by atoms with Crippen LogP contribution in [0.15, 0.2) is 42.6 Å². The van der Waals surface area contributed by atoms with Gasteiger partial charge in [-0.25, -0.2) is 4.79 Å². The zero-order chi connectivity index (χ0) is 21.7. The highest BCUT2D eigenvalue weighted by Crippen LogP contribution is 2.35. The molecule has 2 heterocycles. The molecule has 1 saturated heterocycles. The van der Waals surface area contributed by atoms with Crippen LogP contribution in [0.1, 0.15) is 50.0 Å². The fourth-order valence-corrected chi connectivity index (χ4v) is 5.37. The van der Waals surface area contributed by atoms with Crippen molar-refractivity contribution in [3.8, 4) is 0 Å². The Labute approximate surface area is 186 Å². The second-order valence-electron chi connectivity index (χ2n) is 9.58. The van der Waals surface area contributed by atoms with Crippen LogP contribution in [0.5, 0.6) is 0 Å². The summed E-state index contributed by atoms with van der Waals surface area (Å²) >= 11 is 0. The van der Waals surface area contributed by atoms with E-state index in [9.17, 15) is 9.90 Å². The molecule has 1 aliphatic carbocycles. The van der Waals surface area contributed by atoms with Crippen molar-refractivity contribution in [1.29, 1.82) is 0 Å². The molecule has 1 saturated carbocycles. The number of hydrogen-bond donors (Lipinski definition) is 2. The Balaban J connectivity index is 1.32. The number of carbonyl (C=O) groups is 1. The summed E-state index contributed by atoms with van der Waals surface area (Å²) in [5.41, 5.74) is 1.37. The molecular weight excluding hydrogens is 390 g/mol. The Hall–Kier alpha value is -1.89. The number of β-amino-alcohol motifs (C(OH)–C–C–N with tert-alkyl or cyclic N) is 1. The lowest BCUT2D eigenvalue weighted by Gasteiger charge is -2.40. The first-order valence-electron chi connectivity index (χ1n) is 11.8. The summed E-state index contributed by atoms with van der Waals surface area (Å²) in [5, 5.41) is 13.7. The molecule has 2 amide bonds. The number of carbonyl (C=O) groups excluding carboxylic acids is 1. The molecule has 1 aromatic carbocycles. The quantitative estimate of drug-likeness (QED) is 0.731. The number of rotatable bonds is 6. The smallest absolute Gasteiger partial charge is 0.324 e. The van der Waals surface area contributed by atoms with Gasteiger partial charge in [-0.15, -0.1) is 0 Å². The number of aliphatic hydroxyl groups excluding tert-OH is 1. The van der Waals surface area contributed by atoms with Crippen LogP contribution in [0, 0.1) is 5.41 Å². The van der Waals surface area contributed by atoms with Crippen molar-refractivity contribution in [2.24, 2.45) is 5.41 Å². The van der Waals surface area contributed by atoms with Gasteiger partial charge in [-0.1, -0.05) is 36.4 Å². The van der Waals surface area contributed by atoms with Crippen molar-refractivity contribution < 1.29 is 14.6 Å². The predicted molar refractivity (Wildman–Crippen MR) is 122 cm³/mol. The van der Waals surface area contributed by atoms with Gasteiger partial charge in [-0.2, -0.15) is 0 Å². The number of benzene rings is 1. The monoisotopic (exact) mass is 427 g/mol. The van der Waals surface area contributed by atoms with Gasteiger partial charge in [0, 0.05) is 50.9 Å². The molecule has 0 aromatic heterocycles. The number of nitrogens with one attached hydrogen (secondary N) is 1. The molecule has 2 aliphatic heterocycles. The van der Waals surface area contributed by atoms with Gasteiger partial charge in [0.05, 0.1) is 12.7 Å². The van der Waals surface area contributed by atoms with Gasteiger partial charge in [0.15, 0.2) is 0 Å². The molecule has 0 spiro atoms. The Morgan fingerprint density at radius 2 is 2.06 bits per heavy atom. The van der Waals surface area contributed by atoms with Crippen molar-refractivity contribution in [3.05, 3.63) is 48.2 Å². The SMILES string of the molecule is COCC1(CNC2CCC(c3ccccc3)C2)C=CN(C(=O)N2CCC[C@@H](O)C2)CC1. The molecule has 3 unspecified atom stereocenters. The van der Waals surface area contributed by atoms with E-state index in [1.54, 1.807) is 16.9 Å². The van der Waals surface area contributed by atoms with Crippen LogP contribution in [-0.4, -0.2) is 73.0 Å².